The minimum atomic E-state index is -0.366. The number of nitrogens with one attached hydrogen (secondary N) is 1. The molecule has 1 aliphatic carbocycles. The van der Waals surface area contributed by atoms with Gasteiger partial charge in [0.2, 0.25) is 0 Å². The molecule has 0 bridgehead atoms. The summed E-state index contributed by atoms with van der Waals surface area (Å²) in [6, 6.07) is 8.24. The van der Waals surface area contributed by atoms with Crippen LogP contribution >= 0.6 is 0 Å². The van der Waals surface area contributed by atoms with Gasteiger partial charge in [-0.15, -0.1) is 5.10 Å². The van der Waals surface area contributed by atoms with E-state index in [4.69, 9.17) is 4.74 Å². The average Bonchev–Trinajstić information content (AvgIpc) is 3.47. The Kier molecular flexibility index (Phi) is 7.17. The Balaban J connectivity index is 1.69. The molecule has 33 heavy (non-hydrogen) atoms. The zero-order chi connectivity index (χ0) is 23.4. The van der Waals surface area contributed by atoms with Crippen LogP contribution in [0.15, 0.2) is 29.1 Å². The number of tetrazole rings is 1. The van der Waals surface area contributed by atoms with E-state index in [-0.39, 0.29) is 24.1 Å². The van der Waals surface area contributed by atoms with Gasteiger partial charge in [-0.1, -0.05) is 31.4 Å². The van der Waals surface area contributed by atoms with Crippen molar-refractivity contribution in [3.05, 3.63) is 51.6 Å². The second kappa shape index (κ2) is 10.2. The number of aromatic nitrogens is 5. The number of hydrogen-bond donors (Lipinski definition) is 1. The number of fused-ring (bicyclic) bond motifs is 1. The number of aromatic amines is 1. The van der Waals surface area contributed by atoms with Crippen LogP contribution in [0.25, 0.3) is 10.9 Å². The van der Waals surface area contributed by atoms with Gasteiger partial charge in [-0.25, -0.2) is 4.68 Å². The molecule has 0 amide bonds. The molecule has 0 aliphatic heterocycles. The van der Waals surface area contributed by atoms with Crippen molar-refractivity contribution in [2.24, 2.45) is 0 Å². The summed E-state index contributed by atoms with van der Waals surface area (Å²) >= 11 is 0. The fraction of sp³-hybridized carbons (Fsp3) is 0.542. The van der Waals surface area contributed by atoms with Crippen LogP contribution in [0.3, 0.4) is 0 Å². The van der Waals surface area contributed by atoms with Gasteiger partial charge in [0.15, 0.2) is 5.82 Å². The number of benzene rings is 1. The van der Waals surface area contributed by atoms with Gasteiger partial charge in [-0.3, -0.25) is 14.5 Å². The third kappa shape index (κ3) is 5.13. The topological polar surface area (TPSA) is 106 Å². The lowest BCUT2D eigenvalue weighted by Gasteiger charge is -2.35. The molecule has 2 aromatic heterocycles. The number of rotatable bonds is 9. The number of esters is 1. The van der Waals surface area contributed by atoms with E-state index in [1.54, 1.807) is 6.92 Å². The van der Waals surface area contributed by atoms with Crippen molar-refractivity contribution in [1.29, 1.82) is 0 Å². The van der Waals surface area contributed by atoms with Gasteiger partial charge in [-0.2, -0.15) is 0 Å². The molecule has 0 saturated heterocycles. The Hall–Kier alpha value is -3.07. The lowest BCUT2D eigenvalue weighted by Crippen LogP contribution is -2.39. The van der Waals surface area contributed by atoms with Gasteiger partial charge < -0.3 is 9.72 Å². The molecular weight excluding hydrogens is 420 g/mol. The molecule has 3 aromatic rings. The van der Waals surface area contributed by atoms with Crippen molar-refractivity contribution < 1.29 is 9.53 Å². The van der Waals surface area contributed by atoms with Crippen molar-refractivity contribution in [3.63, 3.8) is 0 Å². The van der Waals surface area contributed by atoms with E-state index >= 15 is 0 Å². The number of nitrogens with zero attached hydrogens (tertiary/aromatic N) is 5. The zero-order valence-corrected chi connectivity index (χ0v) is 19.6. The van der Waals surface area contributed by atoms with Gasteiger partial charge in [0.05, 0.1) is 12.6 Å². The van der Waals surface area contributed by atoms with Gasteiger partial charge in [0, 0.05) is 23.7 Å². The van der Waals surface area contributed by atoms with Crippen molar-refractivity contribution in [3.8, 4) is 0 Å². The van der Waals surface area contributed by atoms with Gasteiger partial charge in [0.25, 0.3) is 5.56 Å². The largest absolute Gasteiger partial charge is 0.465 e. The Labute approximate surface area is 193 Å². The summed E-state index contributed by atoms with van der Waals surface area (Å²) in [5.74, 6) is 0.264. The first-order chi connectivity index (χ1) is 16.0. The molecule has 1 aromatic carbocycles. The highest BCUT2D eigenvalue weighted by Gasteiger charge is 2.33. The van der Waals surface area contributed by atoms with E-state index in [9.17, 15) is 9.59 Å². The molecular formula is C24H32N6O3. The highest BCUT2D eigenvalue weighted by atomic mass is 16.5. The number of aryl methyl sites for hydroxylation is 1. The number of pyridine rings is 1. The van der Waals surface area contributed by atoms with E-state index in [0.29, 0.717) is 25.0 Å². The number of carbonyl (C=O) groups excluding carboxylic acids is 1. The summed E-state index contributed by atoms with van der Waals surface area (Å²) in [7, 11) is 0. The molecule has 1 aliphatic rings. The van der Waals surface area contributed by atoms with E-state index in [0.717, 1.165) is 41.3 Å². The van der Waals surface area contributed by atoms with Crippen LogP contribution in [0, 0.1) is 6.92 Å². The average molecular weight is 453 g/mol. The van der Waals surface area contributed by atoms with E-state index in [1.165, 1.54) is 17.5 Å². The van der Waals surface area contributed by atoms with Crippen molar-refractivity contribution >= 4 is 16.9 Å². The van der Waals surface area contributed by atoms with Crippen LogP contribution in [0.4, 0.5) is 0 Å². The lowest BCUT2D eigenvalue weighted by molar-refractivity contribution is -0.144. The van der Waals surface area contributed by atoms with E-state index in [2.05, 4.69) is 38.4 Å². The molecule has 176 valence electrons. The standard InChI is InChI=1S/C24H32N6O3/c1-4-21(23-26-27-28-30(23)15-22(31)33-5-2)29(19-8-6-7-9-19)14-18-13-17-12-16(3)10-11-20(17)25-24(18)32/h10-13,19,21H,4-9,14-15H2,1-3H3,(H,25,32)/t21-/m1/s1. The van der Waals surface area contributed by atoms with E-state index in [1.807, 2.05) is 25.1 Å². The minimum absolute atomic E-state index is 0.0268. The maximum Gasteiger partial charge on any atom is 0.327 e. The fourth-order valence-corrected chi connectivity index (χ4v) is 4.87. The molecule has 0 radical (unpaired) electrons. The molecule has 1 saturated carbocycles. The highest BCUT2D eigenvalue weighted by molar-refractivity contribution is 5.79. The minimum Gasteiger partial charge on any atom is -0.465 e. The molecule has 1 N–H and O–H groups in total. The first-order valence-electron chi connectivity index (χ1n) is 11.8. The number of H-pyrrole nitrogens is 1. The Morgan fingerprint density at radius 3 is 2.79 bits per heavy atom. The monoisotopic (exact) mass is 452 g/mol. The third-order valence-corrected chi connectivity index (χ3v) is 6.45. The fourth-order valence-electron chi connectivity index (χ4n) is 4.87. The van der Waals surface area contributed by atoms with Crippen LogP contribution in [-0.2, 0) is 22.6 Å². The molecule has 2 heterocycles. The van der Waals surface area contributed by atoms with Gasteiger partial charge in [0.1, 0.15) is 6.54 Å². The predicted molar refractivity (Wildman–Crippen MR) is 125 cm³/mol. The second-order valence-corrected chi connectivity index (χ2v) is 8.75. The van der Waals surface area contributed by atoms with Crippen LogP contribution < -0.4 is 5.56 Å². The Morgan fingerprint density at radius 2 is 2.06 bits per heavy atom. The lowest BCUT2D eigenvalue weighted by atomic mass is 10.0. The Morgan fingerprint density at radius 1 is 1.27 bits per heavy atom. The smallest absolute Gasteiger partial charge is 0.327 e. The molecule has 1 fully saturated rings. The normalized spacial score (nSPS) is 15.4. The number of carbonyl (C=O) groups is 1. The van der Waals surface area contributed by atoms with E-state index < -0.39 is 0 Å². The van der Waals surface area contributed by atoms with Crippen molar-refractivity contribution in [2.45, 2.75) is 78.0 Å². The van der Waals surface area contributed by atoms with Crippen molar-refractivity contribution in [1.82, 2.24) is 30.1 Å². The highest BCUT2D eigenvalue weighted by Crippen LogP contribution is 2.33. The van der Waals surface area contributed by atoms with Crippen molar-refractivity contribution in [2.75, 3.05) is 6.61 Å². The maximum absolute atomic E-state index is 13.0. The zero-order valence-electron chi connectivity index (χ0n) is 19.6. The predicted octanol–water partition coefficient (Wildman–Crippen LogP) is 3.28. The third-order valence-electron chi connectivity index (χ3n) is 6.45. The quantitative estimate of drug-likeness (QED) is 0.497. The van der Waals surface area contributed by atoms with Crippen LogP contribution in [-0.4, -0.2) is 48.7 Å². The summed E-state index contributed by atoms with van der Waals surface area (Å²) in [6.07, 6.45) is 5.22. The molecule has 9 heteroatoms. The first-order valence-corrected chi connectivity index (χ1v) is 11.8. The van der Waals surface area contributed by atoms with Gasteiger partial charge in [-0.05, 0) is 67.1 Å². The molecule has 0 spiro atoms. The summed E-state index contributed by atoms with van der Waals surface area (Å²) in [5, 5.41) is 13.2. The summed E-state index contributed by atoms with van der Waals surface area (Å²) in [6.45, 7) is 6.69. The summed E-state index contributed by atoms with van der Waals surface area (Å²) < 4.78 is 6.62. The summed E-state index contributed by atoms with van der Waals surface area (Å²) in [4.78, 5) is 30.4. The second-order valence-electron chi connectivity index (χ2n) is 8.75. The van der Waals surface area contributed by atoms with Crippen LogP contribution in [0.5, 0.6) is 0 Å². The first kappa shape index (κ1) is 23.1. The molecule has 0 unspecified atom stereocenters. The van der Waals surface area contributed by atoms with Gasteiger partial charge >= 0.3 is 5.97 Å². The Bertz CT molecular complexity index is 1160. The summed E-state index contributed by atoms with van der Waals surface area (Å²) in [5.41, 5.74) is 2.64. The molecule has 1 atom stereocenters. The molecule has 4 rings (SSSR count). The SMILES string of the molecule is CCOC(=O)Cn1nnnc1[C@@H](CC)N(Cc1cc2cc(C)ccc2[nH]c1=O)C1CCCC1. The number of hydrogen-bond acceptors (Lipinski definition) is 7. The maximum atomic E-state index is 13.0. The van der Waals surface area contributed by atoms with Crippen LogP contribution in [0.1, 0.15) is 68.9 Å². The van der Waals surface area contributed by atoms with Crippen LogP contribution in [0.2, 0.25) is 0 Å². The molecule has 9 nitrogen and oxygen atoms in total. The number of ether oxygens (including phenoxy) is 1.